The van der Waals surface area contributed by atoms with Crippen LogP contribution in [0, 0.1) is 0 Å². The Labute approximate surface area is 83.1 Å². The number of aromatic nitrogens is 2. The Hall–Kier alpha value is -1.36. The maximum atomic E-state index is 11.2. The first-order valence-corrected chi connectivity index (χ1v) is 4.58. The van der Waals surface area contributed by atoms with Gasteiger partial charge in [0.25, 0.3) is 0 Å². The zero-order valence-corrected chi connectivity index (χ0v) is 8.49. The highest BCUT2D eigenvalue weighted by Gasteiger charge is 2.06. The summed E-state index contributed by atoms with van der Waals surface area (Å²) in [5, 5.41) is 2.98. The van der Waals surface area contributed by atoms with Crippen LogP contribution < -0.4 is 5.32 Å². The van der Waals surface area contributed by atoms with Crippen LogP contribution >= 0.6 is 0 Å². The molecule has 0 aliphatic carbocycles. The number of carbonyl (C=O) groups excluding carboxylic acids is 1. The molecule has 0 amide bonds. The number of nitrogens with one attached hydrogen (secondary N) is 1. The molecule has 1 rings (SSSR count). The summed E-state index contributed by atoms with van der Waals surface area (Å²) < 4.78 is 6.61. The first-order chi connectivity index (χ1) is 6.77. The minimum Gasteiger partial charge on any atom is -0.465 e. The predicted molar refractivity (Wildman–Crippen MR) is 51.6 cm³/mol. The second-order valence-corrected chi connectivity index (χ2v) is 2.81. The van der Waals surface area contributed by atoms with Crippen LogP contribution in [0.5, 0.6) is 0 Å². The number of imidazole rings is 1. The average molecular weight is 197 g/mol. The molecule has 0 fully saturated rings. The molecule has 0 aliphatic rings. The summed E-state index contributed by atoms with van der Waals surface area (Å²) in [6.45, 7) is 3.08. The molecule has 1 heterocycles. The third-order valence-corrected chi connectivity index (χ3v) is 1.74. The minimum atomic E-state index is -0.233. The molecule has 1 aromatic heterocycles. The van der Waals surface area contributed by atoms with E-state index in [2.05, 4.69) is 10.3 Å². The molecule has 0 atom stereocenters. The van der Waals surface area contributed by atoms with E-state index in [0.717, 1.165) is 5.82 Å². The largest absolute Gasteiger partial charge is 0.465 e. The Kier molecular flexibility index (Phi) is 4.12. The van der Waals surface area contributed by atoms with Gasteiger partial charge in [-0.2, -0.15) is 0 Å². The van der Waals surface area contributed by atoms with E-state index in [1.807, 2.05) is 7.05 Å². The molecule has 1 N–H and O–H groups in total. The van der Waals surface area contributed by atoms with Crippen molar-refractivity contribution in [2.45, 2.75) is 20.0 Å². The van der Waals surface area contributed by atoms with E-state index in [1.54, 1.807) is 23.9 Å². The molecule has 78 valence electrons. The summed E-state index contributed by atoms with van der Waals surface area (Å²) in [5.74, 6) is 0.600. The highest BCUT2D eigenvalue weighted by atomic mass is 16.5. The molecule has 0 radical (unpaired) electrons. The molecule has 0 bridgehead atoms. The fourth-order valence-corrected chi connectivity index (χ4v) is 1.16. The lowest BCUT2D eigenvalue weighted by atomic mass is 10.5. The Morgan fingerprint density at radius 3 is 3.14 bits per heavy atom. The quantitative estimate of drug-likeness (QED) is 0.683. The monoisotopic (exact) mass is 197 g/mol. The van der Waals surface area contributed by atoms with Gasteiger partial charge in [-0.3, -0.25) is 4.79 Å². The van der Waals surface area contributed by atoms with Crippen molar-refractivity contribution in [1.82, 2.24) is 14.9 Å². The molecule has 0 spiro atoms. The smallest absolute Gasteiger partial charge is 0.325 e. The van der Waals surface area contributed by atoms with E-state index in [4.69, 9.17) is 4.74 Å². The van der Waals surface area contributed by atoms with Crippen molar-refractivity contribution in [2.24, 2.45) is 0 Å². The highest BCUT2D eigenvalue weighted by Crippen LogP contribution is 1.97. The van der Waals surface area contributed by atoms with Gasteiger partial charge in [-0.25, -0.2) is 4.98 Å². The van der Waals surface area contributed by atoms with Crippen LogP contribution in [0.1, 0.15) is 12.7 Å². The third kappa shape index (κ3) is 2.85. The molecule has 0 saturated heterocycles. The normalized spacial score (nSPS) is 10.1. The van der Waals surface area contributed by atoms with Crippen molar-refractivity contribution in [3.05, 3.63) is 18.2 Å². The van der Waals surface area contributed by atoms with Gasteiger partial charge in [-0.15, -0.1) is 0 Å². The van der Waals surface area contributed by atoms with Gasteiger partial charge in [0.2, 0.25) is 0 Å². The number of ether oxygens (including phenoxy) is 1. The van der Waals surface area contributed by atoms with Crippen LogP contribution in [0.4, 0.5) is 0 Å². The van der Waals surface area contributed by atoms with Crippen molar-refractivity contribution in [3.63, 3.8) is 0 Å². The van der Waals surface area contributed by atoms with Crippen molar-refractivity contribution >= 4 is 5.97 Å². The Morgan fingerprint density at radius 2 is 2.50 bits per heavy atom. The molecule has 14 heavy (non-hydrogen) atoms. The fraction of sp³-hybridized carbons (Fsp3) is 0.556. The van der Waals surface area contributed by atoms with Crippen LogP contribution in [0.15, 0.2) is 12.4 Å². The Bertz CT molecular complexity index is 296. The first kappa shape index (κ1) is 10.7. The van der Waals surface area contributed by atoms with Gasteiger partial charge < -0.3 is 14.6 Å². The van der Waals surface area contributed by atoms with Gasteiger partial charge in [-0.1, -0.05) is 0 Å². The minimum absolute atomic E-state index is 0.227. The first-order valence-electron chi connectivity index (χ1n) is 4.58. The molecule has 1 aromatic rings. The maximum absolute atomic E-state index is 11.2. The summed E-state index contributed by atoms with van der Waals surface area (Å²) in [6.07, 6.45) is 3.44. The summed E-state index contributed by atoms with van der Waals surface area (Å²) in [4.78, 5) is 15.3. The van der Waals surface area contributed by atoms with Crippen molar-refractivity contribution in [2.75, 3.05) is 13.7 Å². The summed E-state index contributed by atoms with van der Waals surface area (Å²) in [7, 11) is 1.84. The second-order valence-electron chi connectivity index (χ2n) is 2.81. The SMILES string of the molecule is CCOC(=O)Cn1ccnc1CNC. The lowest BCUT2D eigenvalue weighted by Gasteiger charge is -2.06. The van der Waals surface area contributed by atoms with Crippen LogP contribution in [0.2, 0.25) is 0 Å². The molecule has 5 heteroatoms. The fourth-order valence-electron chi connectivity index (χ4n) is 1.16. The van der Waals surface area contributed by atoms with E-state index in [-0.39, 0.29) is 12.5 Å². The van der Waals surface area contributed by atoms with Crippen LogP contribution in [-0.4, -0.2) is 29.2 Å². The summed E-state index contributed by atoms with van der Waals surface area (Å²) in [6, 6.07) is 0. The van der Waals surface area contributed by atoms with E-state index in [1.165, 1.54) is 0 Å². The van der Waals surface area contributed by atoms with Crippen LogP contribution in [0.25, 0.3) is 0 Å². The van der Waals surface area contributed by atoms with Crippen molar-refractivity contribution in [3.8, 4) is 0 Å². The van der Waals surface area contributed by atoms with E-state index in [9.17, 15) is 4.79 Å². The number of carbonyl (C=O) groups is 1. The predicted octanol–water partition coefficient (Wildman–Crippen LogP) is 0.166. The molecule has 0 saturated carbocycles. The molecule has 0 aromatic carbocycles. The maximum Gasteiger partial charge on any atom is 0.325 e. The van der Waals surface area contributed by atoms with Gasteiger partial charge in [0, 0.05) is 12.4 Å². The van der Waals surface area contributed by atoms with Crippen molar-refractivity contribution < 1.29 is 9.53 Å². The Balaban J connectivity index is 2.56. The lowest BCUT2D eigenvalue weighted by Crippen LogP contribution is -2.18. The molecule has 0 aliphatic heterocycles. The van der Waals surface area contributed by atoms with Crippen LogP contribution in [-0.2, 0) is 22.6 Å². The number of esters is 1. The Morgan fingerprint density at radius 1 is 1.71 bits per heavy atom. The average Bonchev–Trinajstić information content (AvgIpc) is 2.54. The zero-order valence-electron chi connectivity index (χ0n) is 8.49. The van der Waals surface area contributed by atoms with E-state index in [0.29, 0.717) is 13.2 Å². The second kappa shape index (κ2) is 5.39. The van der Waals surface area contributed by atoms with Gasteiger partial charge in [0.15, 0.2) is 0 Å². The van der Waals surface area contributed by atoms with Crippen LogP contribution in [0.3, 0.4) is 0 Å². The van der Waals surface area contributed by atoms with Gasteiger partial charge in [0.05, 0.1) is 13.2 Å². The van der Waals surface area contributed by atoms with Gasteiger partial charge in [-0.05, 0) is 14.0 Å². The molecular formula is C9H15N3O2. The van der Waals surface area contributed by atoms with Gasteiger partial charge >= 0.3 is 5.97 Å². The molecule has 0 unspecified atom stereocenters. The standard InChI is InChI=1S/C9H15N3O2/c1-3-14-9(13)7-12-5-4-11-8(12)6-10-2/h4-5,10H,3,6-7H2,1-2H3. The topological polar surface area (TPSA) is 56.2 Å². The molecular weight excluding hydrogens is 182 g/mol. The number of nitrogens with zero attached hydrogens (tertiary/aromatic N) is 2. The third-order valence-electron chi connectivity index (χ3n) is 1.74. The summed E-state index contributed by atoms with van der Waals surface area (Å²) in [5.41, 5.74) is 0. The lowest BCUT2D eigenvalue weighted by molar-refractivity contribution is -0.143. The van der Waals surface area contributed by atoms with E-state index >= 15 is 0 Å². The zero-order chi connectivity index (χ0) is 10.4. The van der Waals surface area contributed by atoms with Crippen molar-refractivity contribution in [1.29, 1.82) is 0 Å². The summed E-state index contributed by atoms with van der Waals surface area (Å²) >= 11 is 0. The number of hydrogen-bond acceptors (Lipinski definition) is 4. The molecule has 5 nitrogen and oxygen atoms in total. The number of hydrogen-bond donors (Lipinski definition) is 1. The number of rotatable bonds is 5. The highest BCUT2D eigenvalue weighted by molar-refractivity contribution is 5.69. The van der Waals surface area contributed by atoms with E-state index < -0.39 is 0 Å². The van der Waals surface area contributed by atoms with Gasteiger partial charge in [0.1, 0.15) is 12.4 Å².